The molecule has 0 N–H and O–H groups in total. The van der Waals surface area contributed by atoms with Gasteiger partial charge < -0.3 is 9.47 Å². The third-order valence-corrected chi connectivity index (χ3v) is 4.10. The van der Waals surface area contributed by atoms with Gasteiger partial charge in [-0.1, -0.05) is 49.2 Å². The van der Waals surface area contributed by atoms with Crippen LogP contribution in [0.15, 0.2) is 70.6 Å². The molecule has 0 bridgehead atoms. The molecule has 0 heterocycles. The standard InChI is InChI=1S/C24H28N2O4/c1-19(27)29-23(21-13-7-5-8-14-21)25-17-11-3-4-12-18-26-24(30-20(2)28)22-15-9-6-10-16-22/h5-10,13-16H,3-4,11-12,17-18H2,1-2H3/b25-23-,26-24-. The Bertz CT molecular complexity index is 788. The Balaban J connectivity index is 1.77. The Kier molecular flexibility index (Phi) is 10.00. The van der Waals surface area contributed by atoms with E-state index in [0.29, 0.717) is 24.9 Å². The van der Waals surface area contributed by atoms with Gasteiger partial charge in [0.2, 0.25) is 11.8 Å². The first kappa shape index (κ1) is 23.0. The monoisotopic (exact) mass is 408 g/mol. The molecule has 0 unspecified atom stereocenters. The van der Waals surface area contributed by atoms with Gasteiger partial charge >= 0.3 is 11.9 Å². The normalized spacial score (nSPS) is 11.8. The lowest BCUT2D eigenvalue weighted by Gasteiger charge is -2.07. The fourth-order valence-corrected chi connectivity index (χ4v) is 2.74. The van der Waals surface area contributed by atoms with Crippen molar-refractivity contribution in [3.05, 3.63) is 71.8 Å². The first-order chi connectivity index (χ1) is 14.6. The van der Waals surface area contributed by atoms with E-state index in [0.717, 1.165) is 36.8 Å². The van der Waals surface area contributed by atoms with E-state index in [9.17, 15) is 9.59 Å². The van der Waals surface area contributed by atoms with E-state index in [4.69, 9.17) is 9.47 Å². The number of hydrogen-bond acceptors (Lipinski definition) is 6. The molecule has 0 aliphatic carbocycles. The molecule has 0 spiro atoms. The van der Waals surface area contributed by atoms with Crippen molar-refractivity contribution in [1.82, 2.24) is 0 Å². The highest BCUT2D eigenvalue weighted by molar-refractivity contribution is 6.00. The fourth-order valence-electron chi connectivity index (χ4n) is 2.74. The first-order valence-corrected chi connectivity index (χ1v) is 10.1. The van der Waals surface area contributed by atoms with Crippen molar-refractivity contribution >= 4 is 23.7 Å². The van der Waals surface area contributed by atoms with Crippen LogP contribution in [0.4, 0.5) is 0 Å². The molecule has 2 aromatic rings. The topological polar surface area (TPSA) is 77.3 Å². The van der Waals surface area contributed by atoms with Crippen LogP contribution in [0, 0.1) is 0 Å². The van der Waals surface area contributed by atoms with E-state index in [1.54, 1.807) is 0 Å². The molecule has 2 rings (SSSR count). The Labute approximate surface area is 177 Å². The van der Waals surface area contributed by atoms with Gasteiger partial charge in [0.05, 0.1) is 0 Å². The van der Waals surface area contributed by atoms with Crippen molar-refractivity contribution in [3.8, 4) is 0 Å². The lowest BCUT2D eigenvalue weighted by Crippen LogP contribution is -2.12. The molecule has 0 aromatic heterocycles. The largest absolute Gasteiger partial charge is 0.407 e. The smallest absolute Gasteiger partial charge is 0.309 e. The van der Waals surface area contributed by atoms with E-state index in [1.807, 2.05) is 60.7 Å². The predicted octanol–water partition coefficient (Wildman–Crippen LogP) is 4.57. The second-order valence-corrected chi connectivity index (χ2v) is 6.71. The lowest BCUT2D eigenvalue weighted by atomic mass is 10.2. The molecule has 158 valence electrons. The summed E-state index contributed by atoms with van der Waals surface area (Å²) in [6, 6.07) is 18.8. The van der Waals surface area contributed by atoms with Crippen LogP contribution < -0.4 is 0 Å². The van der Waals surface area contributed by atoms with Crippen LogP contribution in [-0.4, -0.2) is 36.8 Å². The van der Waals surface area contributed by atoms with Crippen LogP contribution in [-0.2, 0) is 19.1 Å². The Morgan fingerprint density at radius 1 is 0.633 bits per heavy atom. The van der Waals surface area contributed by atoms with Gasteiger partial charge in [-0.25, -0.2) is 0 Å². The summed E-state index contributed by atoms with van der Waals surface area (Å²) in [5.41, 5.74) is 1.59. The van der Waals surface area contributed by atoms with Gasteiger partial charge in [0.15, 0.2) is 0 Å². The number of benzene rings is 2. The lowest BCUT2D eigenvalue weighted by molar-refractivity contribution is -0.133. The number of nitrogens with zero attached hydrogens (tertiary/aromatic N) is 2. The van der Waals surface area contributed by atoms with Gasteiger partial charge in [-0.3, -0.25) is 19.6 Å². The molecule has 0 fully saturated rings. The van der Waals surface area contributed by atoms with Crippen LogP contribution >= 0.6 is 0 Å². The maximum atomic E-state index is 11.3. The SMILES string of the molecule is CC(=O)O/C(=N\CCCCCC/N=C(\OC(C)=O)c1ccccc1)c1ccccc1. The Hall–Kier alpha value is -3.28. The summed E-state index contributed by atoms with van der Waals surface area (Å²) in [6.45, 7) is 3.92. The third-order valence-electron chi connectivity index (χ3n) is 4.10. The summed E-state index contributed by atoms with van der Waals surface area (Å²) in [7, 11) is 0. The highest BCUT2D eigenvalue weighted by Crippen LogP contribution is 2.07. The maximum absolute atomic E-state index is 11.3. The zero-order valence-electron chi connectivity index (χ0n) is 17.5. The highest BCUT2D eigenvalue weighted by atomic mass is 16.5. The number of hydrogen-bond donors (Lipinski definition) is 0. The summed E-state index contributed by atoms with van der Waals surface area (Å²) >= 11 is 0. The minimum Gasteiger partial charge on any atom is -0.407 e. The molecule has 30 heavy (non-hydrogen) atoms. The molecule has 0 radical (unpaired) electrons. The molecule has 2 aromatic carbocycles. The minimum absolute atomic E-state index is 0.363. The molecule has 0 saturated heterocycles. The summed E-state index contributed by atoms with van der Waals surface area (Å²) in [5, 5.41) is 0. The molecule has 0 atom stereocenters. The molecule has 0 aliphatic rings. The third kappa shape index (κ3) is 8.82. The maximum Gasteiger partial charge on any atom is 0.309 e. The summed E-state index contributed by atoms with van der Waals surface area (Å²) in [4.78, 5) is 31.5. The van der Waals surface area contributed by atoms with Gasteiger partial charge in [0.1, 0.15) is 0 Å². The number of ether oxygens (including phenoxy) is 2. The molecular weight excluding hydrogens is 380 g/mol. The summed E-state index contributed by atoms with van der Waals surface area (Å²) in [5.74, 6) is -0.0295. The Morgan fingerprint density at radius 2 is 1.00 bits per heavy atom. The molecule has 6 heteroatoms. The predicted molar refractivity (Wildman–Crippen MR) is 118 cm³/mol. The number of unbranched alkanes of at least 4 members (excludes halogenated alkanes) is 3. The molecule has 0 saturated carbocycles. The summed E-state index contributed by atoms with van der Waals surface area (Å²) in [6.07, 6.45) is 3.73. The van der Waals surface area contributed by atoms with Crippen LogP contribution in [0.2, 0.25) is 0 Å². The van der Waals surface area contributed by atoms with Gasteiger partial charge in [0.25, 0.3) is 0 Å². The van der Waals surface area contributed by atoms with Crippen LogP contribution in [0.25, 0.3) is 0 Å². The van der Waals surface area contributed by atoms with Crippen molar-refractivity contribution in [2.24, 2.45) is 9.98 Å². The van der Waals surface area contributed by atoms with E-state index in [1.165, 1.54) is 13.8 Å². The number of esters is 2. The van der Waals surface area contributed by atoms with E-state index < -0.39 is 0 Å². The zero-order valence-corrected chi connectivity index (χ0v) is 17.5. The van der Waals surface area contributed by atoms with E-state index in [2.05, 4.69) is 9.98 Å². The second kappa shape index (κ2) is 13.0. The van der Waals surface area contributed by atoms with Crippen molar-refractivity contribution in [2.45, 2.75) is 39.5 Å². The van der Waals surface area contributed by atoms with Crippen molar-refractivity contribution in [1.29, 1.82) is 0 Å². The van der Waals surface area contributed by atoms with E-state index >= 15 is 0 Å². The average molecular weight is 408 g/mol. The average Bonchev–Trinajstić information content (AvgIpc) is 2.74. The van der Waals surface area contributed by atoms with Crippen molar-refractivity contribution in [2.75, 3.05) is 13.1 Å². The molecule has 0 aliphatic heterocycles. The van der Waals surface area contributed by atoms with Crippen molar-refractivity contribution < 1.29 is 19.1 Å². The molecular formula is C24H28N2O4. The fraction of sp³-hybridized carbons (Fsp3) is 0.333. The quantitative estimate of drug-likeness (QED) is 0.264. The van der Waals surface area contributed by atoms with Gasteiger partial charge in [-0.2, -0.15) is 0 Å². The van der Waals surface area contributed by atoms with Gasteiger partial charge in [0, 0.05) is 38.1 Å². The Morgan fingerprint density at radius 3 is 1.33 bits per heavy atom. The molecule has 0 amide bonds. The minimum atomic E-state index is -0.377. The number of aliphatic imine (C=N–C) groups is 2. The first-order valence-electron chi connectivity index (χ1n) is 10.1. The van der Waals surface area contributed by atoms with Crippen LogP contribution in [0.5, 0.6) is 0 Å². The van der Waals surface area contributed by atoms with Gasteiger partial charge in [-0.05, 0) is 37.1 Å². The van der Waals surface area contributed by atoms with Gasteiger partial charge in [-0.15, -0.1) is 0 Å². The van der Waals surface area contributed by atoms with E-state index in [-0.39, 0.29) is 11.9 Å². The van der Waals surface area contributed by atoms with Crippen molar-refractivity contribution in [3.63, 3.8) is 0 Å². The highest BCUT2D eigenvalue weighted by Gasteiger charge is 2.08. The molecule has 6 nitrogen and oxygen atoms in total. The zero-order chi connectivity index (χ0) is 21.6. The summed E-state index contributed by atoms with van der Waals surface area (Å²) < 4.78 is 10.5. The number of carbonyl (C=O) groups excluding carboxylic acids is 2. The van der Waals surface area contributed by atoms with Crippen LogP contribution in [0.3, 0.4) is 0 Å². The second-order valence-electron chi connectivity index (χ2n) is 6.71. The van der Waals surface area contributed by atoms with Crippen LogP contribution in [0.1, 0.15) is 50.7 Å². The number of carbonyl (C=O) groups is 2. The number of rotatable bonds is 9.